The number of hydrogen-bond acceptors (Lipinski definition) is 1. The molecule has 0 fully saturated rings. The van der Waals surface area contributed by atoms with Crippen molar-refractivity contribution in [3.05, 3.63) is 64.2 Å². The third-order valence-corrected chi connectivity index (χ3v) is 4.58. The fourth-order valence-corrected chi connectivity index (χ4v) is 2.69. The first-order chi connectivity index (χ1) is 9.61. The summed E-state index contributed by atoms with van der Waals surface area (Å²) in [4.78, 5) is 0.142. The summed E-state index contributed by atoms with van der Waals surface area (Å²) >= 11 is 9.83. The van der Waals surface area contributed by atoms with Crippen molar-refractivity contribution in [2.45, 2.75) is 25.1 Å². The number of halogens is 2. The van der Waals surface area contributed by atoms with Gasteiger partial charge in [0.25, 0.3) is 0 Å². The maximum atomic E-state index is 6.08. The second-order valence-electron chi connectivity index (χ2n) is 4.79. The predicted molar refractivity (Wildman–Crippen MR) is 89.2 cm³/mol. The minimum Gasteiger partial charge on any atom is -0.494 e. The van der Waals surface area contributed by atoms with Gasteiger partial charge in [0.05, 0.1) is 11.4 Å². The topological polar surface area (TPSA) is 9.23 Å². The van der Waals surface area contributed by atoms with Crippen LogP contribution in [0, 0.1) is 6.92 Å². The fourth-order valence-electron chi connectivity index (χ4n) is 2.00. The summed E-state index contributed by atoms with van der Waals surface area (Å²) in [5.41, 5.74) is 3.46. The van der Waals surface area contributed by atoms with Gasteiger partial charge in [-0.1, -0.05) is 58.7 Å². The summed E-state index contributed by atoms with van der Waals surface area (Å²) in [6, 6.07) is 14.3. The molecule has 0 aliphatic carbocycles. The van der Waals surface area contributed by atoms with Gasteiger partial charge in [-0.3, -0.25) is 0 Å². The van der Waals surface area contributed by atoms with E-state index in [9.17, 15) is 0 Å². The minimum absolute atomic E-state index is 0.142. The summed E-state index contributed by atoms with van der Waals surface area (Å²) < 4.78 is 5.68. The molecule has 0 aliphatic heterocycles. The molecule has 0 amide bonds. The molecule has 2 aromatic rings. The van der Waals surface area contributed by atoms with Crippen molar-refractivity contribution in [3.8, 4) is 5.75 Å². The van der Waals surface area contributed by atoms with E-state index < -0.39 is 0 Å². The van der Waals surface area contributed by atoms with Crippen molar-refractivity contribution in [1.29, 1.82) is 0 Å². The van der Waals surface area contributed by atoms with Crippen molar-refractivity contribution < 1.29 is 4.74 Å². The monoisotopic (exact) mass is 352 g/mol. The Hall–Kier alpha value is -0.990. The van der Waals surface area contributed by atoms with E-state index >= 15 is 0 Å². The highest BCUT2D eigenvalue weighted by atomic mass is 79.9. The molecule has 0 aliphatic rings. The zero-order chi connectivity index (χ0) is 14.5. The Kier molecular flexibility index (Phi) is 5.50. The third-order valence-electron chi connectivity index (χ3n) is 3.10. The number of rotatable bonds is 5. The summed E-state index contributed by atoms with van der Waals surface area (Å²) in [5.74, 6) is 0.916. The number of hydrogen-bond donors (Lipinski definition) is 0. The zero-order valence-corrected chi connectivity index (χ0v) is 14.0. The van der Waals surface area contributed by atoms with Gasteiger partial charge >= 0.3 is 0 Å². The summed E-state index contributed by atoms with van der Waals surface area (Å²) in [5, 5.41) is 0.800. The van der Waals surface area contributed by atoms with Gasteiger partial charge in [-0.15, -0.1) is 0 Å². The quantitative estimate of drug-likeness (QED) is 0.606. The standard InChI is InChI=1S/C17H18BrClO/c1-3-9-20-15-6-4-5-13(11-15)17(18)14-7-8-16(19)12(2)10-14/h4-8,10-11,17H,3,9H2,1-2H3. The Bertz CT molecular complexity index is 583. The van der Waals surface area contributed by atoms with E-state index in [0.717, 1.165) is 29.4 Å². The highest BCUT2D eigenvalue weighted by molar-refractivity contribution is 9.09. The lowest BCUT2D eigenvalue weighted by molar-refractivity contribution is 0.317. The molecule has 0 saturated heterocycles. The zero-order valence-electron chi connectivity index (χ0n) is 11.7. The Labute approximate surface area is 134 Å². The van der Waals surface area contributed by atoms with Crippen LogP contribution in [0.15, 0.2) is 42.5 Å². The lowest BCUT2D eigenvalue weighted by atomic mass is 10.0. The molecule has 20 heavy (non-hydrogen) atoms. The molecule has 0 bridgehead atoms. The van der Waals surface area contributed by atoms with Crippen LogP contribution in [0.25, 0.3) is 0 Å². The second kappa shape index (κ2) is 7.14. The van der Waals surface area contributed by atoms with Gasteiger partial charge in [0.1, 0.15) is 5.75 Å². The highest BCUT2D eigenvalue weighted by Crippen LogP contribution is 2.34. The normalized spacial score (nSPS) is 12.2. The van der Waals surface area contributed by atoms with Crippen LogP contribution in [0.4, 0.5) is 0 Å². The Morgan fingerprint density at radius 3 is 2.60 bits per heavy atom. The molecule has 2 rings (SSSR count). The van der Waals surface area contributed by atoms with Crippen molar-refractivity contribution >= 4 is 27.5 Å². The molecule has 1 unspecified atom stereocenters. The van der Waals surface area contributed by atoms with Gasteiger partial charge in [0, 0.05) is 5.02 Å². The SMILES string of the molecule is CCCOc1cccc(C(Br)c2ccc(Cl)c(C)c2)c1. The van der Waals surface area contributed by atoms with E-state index in [-0.39, 0.29) is 4.83 Å². The molecule has 3 heteroatoms. The fraction of sp³-hybridized carbons (Fsp3) is 0.294. The van der Waals surface area contributed by atoms with Gasteiger partial charge in [0.2, 0.25) is 0 Å². The van der Waals surface area contributed by atoms with Crippen LogP contribution in [0.1, 0.15) is 34.9 Å². The van der Waals surface area contributed by atoms with E-state index in [2.05, 4.69) is 41.1 Å². The molecule has 106 valence electrons. The van der Waals surface area contributed by atoms with Crippen molar-refractivity contribution in [2.75, 3.05) is 6.61 Å². The molecule has 0 N–H and O–H groups in total. The average molecular weight is 354 g/mol. The van der Waals surface area contributed by atoms with E-state index in [1.165, 1.54) is 11.1 Å². The maximum Gasteiger partial charge on any atom is 0.119 e. The molecule has 1 atom stereocenters. The van der Waals surface area contributed by atoms with Crippen LogP contribution in [0.5, 0.6) is 5.75 Å². The molecule has 0 spiro atoms. The van der Waals surface area contributed by atoms with E-state index in [0.29, 0.717) is 0 Å². The van der Waals surface area contributed by atoms with E-state index in [4.69, 9.17) is 16.3 Å². The molecule has 0 aromatic heterocycles. The van der Waals surface area contributed by atoms with Crippen LogP contribution in [0.3, 0.4) is 0 Å². The number of ether oxygens (including phenoxy) is 1. The van der Waals surface area contributed by atoms with Gasteiger partial charge in [-0.2, -0.15) is 0 Å². The van der Waals surface area contributed by atoms with Crippen molar-refractivity contribution in [2.24, 2.45) is 0 Å². The summed E-state index contributed by atoms with van der Waals surface area (Å²) in [7, 11) is 0. The predicted octanol–water partition coefficient (Wildman–Crippen LogP) is 5.92. The van der Waals surface area contributed by atoms with Gasteiger partial charge in [-0.05, 0) is 48.2 Å². The van der Waals surface area contributed by atoms with Crippen molar-refractivity contribution in [3.63, 3.8) is 0 Å². The number of aryl methyl sites for hydroxylation is 1. The second-order valence-corrected chi connectivity index (χ2v) is 6.12. The lowest BCUT2D eigenvalue weighted by Crippen LogP contribution is -1.97. The number of benzene rings is 2. The van der Waals surface area contributed by atoms with E-state index in [1.54, 1.807) is 0 Å². The molecular formula is C17H18BrClO. The third kappa shape index (κ3) is 3.77. The van der Waals surface area contributed by atoms with Crippen LogP contribution in [-0.2, 0) is 0 Å². The average Bonchev–Trinajstić information content (AvgIpc) is 2.47. The molecule has 2 aromatic carbocycles. The van der Waals surface area contributed by atoms with Gasteiger partial charge in [0.15, 0.2) is 0 Å². The van der Waals surface area contributed by atoms with Crippen LogP contribution < -0.4 is 4.74 Å². The Balaban J connectivity index is 2.23. The smallest absolute Gasteiger partial charge is 0.119 e. The molecule has 1 nitrogen and oxygen atoms in total. The van der Waals surface area contributed by atoms with Gasteiger partial charge in [-0.25, -0.2) is 0 Å². The Morgan fingerprint density at radius 1 is 1.15 bits per heavy atom. The Morgan fingerprint density at radius 2 is 1.90 bits per heavy atom. The summed E-state index contributed by atoms with van der Waals surface area (Å²) in [6.07, 6.45) is 1.01. The van der Waals surface area contributed by atoms with Gasteiger partial charge < -0.3 is 4.74 Å². The lowest BCUT2D eigenvalue weighted by Gasteiger charge is -2.14. The van der Waals surface area contributed by atoms with Crippen LogP contribution >= 0.6 is 27.5 Å². The number of alkyl halides is 1. The minimum atomic E-state index is 0.142. The first-order valence-corrected chi connectivity index (χ1v) is 8.04. The molecular weight excluding hydrogens is 336 g/mol. The molecule has 0 heterocycles. The molecule has 0 radical (unpaired) electrons. The largest absolute Gasteiger partial charge is 0.494 e. The van der Waals surface area contributed by atoms with Crippen LogP contribution in [-0.4, -0.2) is 6.61 Å². The summed E-state index contributed by atoms with van der Waals surface area (Å²) in [6.45, 7) is 4.87. The maximum absolute atomic E-state index is 6.08. The van der Waals surface area contributed by atoms with Crippen LogP contribution in [0.2, 0.25) is 5.02 Å². The molecule has 0 saturated carbocycles. The highest BCUT2D eigenvalue weighted by Gasteiger charge is 2.12. The first-order valence-electron chi connectivity index (χ1n) is 6.74. The first kappa shape index (κ1) is 15.4. The van der Waals surface area contributed by atoms with E-state index in [1.807, 2.05) is 31.2 Å². The van der Waals surface area contributed by atoms with Crippen molar-refractivity contribution in [1.82, 2.24) is 0 Å².